The van der Waals surface area contributed by atoms with Gasteiger partial charge in [0.1, 0.15) is 10.5 Å². The average molecular weight is 1170 g/mol. The number of hydrogen-bond donors (Lipinski definition) is 2. The Balaban J connectivity index is 0.902. The highest BCUT2D eigenvalue weighted by molar-refractivity contribution is 7.99. The van der Waals surface area contributed by atoms with E-state index in [4.69, 9.17) is 16.3 Å². The number of benzene rings is 4. The maximum atomic E-state index is 14.3. The fourth-order valence-electron chi connectivity index (χ4n) is 11.0. The first kappa shape index (κ1) is 60.3. The number of halogens is 4. The molecule has 1 aliphatic carbocycles. The van der Waals surface area contributed by atoms with Crippen molar-refractivity contribution in [3.8, 4) is 0 Å². The molecule has 3 aliphatic heterocycles. The van der Waals surface area contributed by atoms with Gasteiger partial charge >= 0.3 is 11.6 Å². The Kier molecular flexibility index (Phi) is 19.8. The number of nitrogens with one attached hydrogen (secondary N) is 2. The monoisotopic (exact) mass is 1170 g/mol. The molecular weight excluding hydrogens is 1100 g/mol. The van der Waals surface area contributed by atoms with Crippen LogP contribution in [-0.4, -0.2) is 156 Å². The Hall–Kier alpha value is -4.83. The first-order valence-electron chi connectivity index (χ1n) is 27.4. The van der Waals surface area contributed by atoms with E-state index in [2.05, 4.69) is 44.0 Å². The first-order chi connectivity index (χ1) is 37.4. The van der Waals surface area contributed by atoms with E-state index in [1.54, 1.807) is 17.0 Å². The van der Waals surface area contributed by atoms with Gasteiger partial charge in [0.25, 0.3) is 25.8 Å². The van der Waals surface area contributed by atoms with E-state index < -0.39 is 52.7 Å². The number of sulfone groups is 1. The van der Waals surface area contributed by atoms with E-state index in [0.29, 0.717) is 56.0 Å². The van der Waals surface area contributed by atoms with E-state index in [0.717, 1.165) is 120 Å². The Labute approximate surface area is 474 Å². The quantitative estimate of drug-likeness (QED) is 0.0910. The van der Waals surface area contributed by atoms with E-state index in [-0.39, 0.29) is 22.8 Å². The van der Waals surface area contributed by atoms with Crippen LogP contribution < -0.4 is 14.9 Å². The van der Waals surface area contributed by atoms with Gasteiger partial charge in [0.05, 0.1) is 10.6 Å². The molecule has 0 aromatic heterocycles. The van der Waals surface area contributed by atoms with Crippen LogP contribution in [-0.2, 0) is 24.6 Å². The number of piperazine rings is 2. The first-order valence-corrected chi connectivity index (χ1v) is 31.7. The van der Waals surface area contributed by atoms with Gasteiger partial charge in [-0.2, -0.15) is 13.2 Å². The van der Waals surface area contributed by atoms with Gasteiger partial charge in [0.2, 0.25) is 0 Å². The lowest BCUT2D eigenvalue weighted by molar-refractivity contribution is -0.0436. The summed E-state index contributed by atoms with van der Waals surface area (Å²) in [4.78, 5) is 36.4. The molecule has 14 nitrogen and oxygen atoms in total. The summed E-state index contributed by atoms with van der Waals surface area (Å²) in [7, 11) is -10.9. The summed E-state index contributed by atoms with van der Waals surface area (Å²) >= 11 is 7.80. The van der Waals surface area contributed by atoms with Crippen molar-refractivity contribution in [2.75, 3.05) is 101 Å². The molecule has 4 aromatic carbocycles. The number of carbonyl (C=O) groups excluding carboxylic acids is 2. The fraction of sp³-hybridized carbons (Fsp3) is 0.517. The Bertz CT molecular complexity index is 2980. The normalized spacial score (nSPS) is 20.2. The number of likely N-dealkylation sites (tertiary alicyclic amines) is 1. The van der Waals surface area contributed by atoms with Gasteiger partial charge in [0, 0.05) is 105 Å². The molecule has 3 heterocycles. The molecule has 2 amide bonds. The number of alkyl halides is 3. The fourth-order valence-corrected chi connectivity index (χ4v) is 14.2. The largest absolute Gasteiger partial charge is 0.501 e. The smallest absolute Gasteiger partial charge is 0.444 e. The van der Waals surface area contributed by atoms with E-state index >= 15 is 0 Å². The molecular formula is C58H75ClF3N7O7S3. The summed E-state index contributed by atoms with van der Waals surface area (Å²) in [6, 6.07) is 26.0. The summed E-state index contributed by atoms with van der Waals surface area (Å²) < 4.78 is 104. The SMILES string of the molecule is CC1(CN2CCN(C(=O)OC(C)(C)C)CC2)CCC(c2ccc(Cl)cc2)=C(CN2CCN(c3ccc(C(=O)NS(=O)(=O)c4ccc(NC(CCN5CCCCCC5)CSc5ccccc5)c(S(=O)(=O)C(F)(F)F)c4)cc3)CC2)C1. The summed E-state index contributed by atoms with van der Waals surface area (Å²) in [6.07, 6.45) is 7.45. The van der Waals surface area contributed by atoms with Crippen molar-refractivity contribution in [3.63, 3.8) is 0 Å². The minimum absolute atomic E-state index is 0.0116. The maximum absolute atomic E-state index is 14.3. The van der Waals surface area contributed by atoms with Gasteiger partial charge in [-0.15, -0.1) is 11.8 Å². The van der Waals surface area contributed by atoms with Crippen molar-refractivity contribution < 1.29 is 44.3 Å². The van der Waals surface area contributed by atoms with Crippen LogP contribution in [0.3, 0.4) is 0 Å². The lowest BCUT2D eigenvalue weighted by Gasteiger charge is -2.44. The zero-order chi connectivity index (χ0) is 56.6. The molecule has 0 saturated carbocycles. The number of anilines is 2. The molecule has 4 aromatic rings. The second kappa shape index (κ2) is 26.0. The number of carbonyl (C=O) groups is 2. The molecule has 3 saturated heterocycles. The number of ether oxygens (including phenoxy) is 1. The zero-order valence-electron chi connectivity index (χ0n) is 45.7. The average Bonchev–Trinajstić information content (AvgIpc) is 3.74. The van der Waals surface area contributed by atoms with Crippen LogP contribution in [0.1, 0.15) is 95.0 Å². The molecule has 0 spiro atoms. The molecule has 0 radical (unpaired) electrons. The third-order valence-corrected chi connectivity index (χ3v) is 19.6. The van der Waals surface area contributed by atoms with Crippen molar-refractivity contribution >= 4 is 72.2 Å². The lowest BCUT2D eigenvalue weighted by atomic mass is 9.71. The summed E-state index contributed by atoms with van der Waals surface area (Å²) in [6.45, 7) is 17.9. The van der Waals surface area contributed by atoms with Crippen molar-refractivity contribution in [2.24, 2.45) is 5.41 Å². The number of sulfonamides is 1. The molecule has 430 valence electrons. The number of hydrogen-bond acceptors (Lipinski definition) is 13. The minimum Gasteiger partial charge on any atom is -0.444 e. The van der Waals surface area contributed by atoms with Gasteiger partial charge in [-0.05, 0) is 156 Å². The second-order valence-electron chi connectivity index (χ2n) is 22.7. The van der Waals surface area contributed by atoms with Gasteiger partial charge in [-0.1, -0.05) is 67.3 Å². The molecule has 2 N–H and O–H groups in total. The number of allylic oxidation sites excluding steroid dienone is 1. The summed E-state index contributed by atoms with van der Waals surface area (Å²) in [5.41, 5.74) is -1.88. The summed E-state index contributed by atoms with van der Waals surface area (Å²) in [5, 5.41) is 3.74. The van der Waals surface area contributed by atoms with Crippen LogP contribution >= 0.6 is 23.4 Å². The number of amides is 2. The third kappa shape index (κ3) is 16.4. The van der Waals surface area contributed by atoms with Gasteiger partial charge in [-0.25, -0.2) is 26.4 Å². The topological polar surface area (TPSA) is 152 Å². The molecule has 21 heteroatoms. The Morgan fingerprint density at radius 1 is 0.772 bits per heavy atom. The maximum Gasteiger partial charge on any atom is 0.501 e. The minimum atomic E-state index is -6.07. The van der Waals surface area contributed by atoms with Crippen LogP contribution in [0.2, 0.25) is 5.02 Å². The number of rotatable bonds is 18. The molecule has 3 fully saturated rings. The van der Waals surface area contributed by atoms with Crippen molar-refractivity contribution in [2.45, 2.75) is 111 Å². The molecule has 2 atom stereocenters. The lowest BCUT2D eigenvalue weighted by Crippen LogP contribution is -2.52. The molecule has 4 aliphatic rings. The molecule has 8 rings (SSSR count). The molecule has 79 heavy (non-hydrogen) atoms. The third-order valence-electron chi connectivity index (χ3n) is 15.3. The predicted octanol–water partition coefficient (Wildman–Crippen LogP) is 10.9. The van der Waals surface area contributed by atoms with Gasteiger partial charge in [-0.3, -0.25) is 14.6 Å². The summed E-state index contributed by atoms with van der Waals surface area (Å²) in [5.74, 6) is -0.640. The van der Waals surface area contributed by atoms with Gasteiger partial charge < -0.3 is 24.8 Å². The standard InChI is InChI=1S/C58H75ClF3N7O7S3/c1-56(2,3)76-55(71)69-36-32-67(33-37-69)42-57(4)26-24-51(43-14-18-46(59)19-15-43)45(39-57)40-66-30-34-68(35-31-66)48-20-16-44(17-21-48)54(70)64-79(74,75)50-22-23-52(53(38-50)78(72,73)58(60,61)62)63-47(41-77-49-12-8-7-9-13-49)25-29-65-27-10-5-6-11-28-65/h7-9,12-23,38,47,63H,5-6,10-11,24-37,39-42H2,1-4H3,(H,64,70). The Morgan fingerprint density at radius 2 is 1.42 bits per heavy atom. The van der Waals surface area contributed by atoms with Crippen LogP contribution in [0, 0.1) is 5.41 Å². The molecule has 0 bridgehead atoms. The highest BCUT2D eigenvalue weighted by atomic mass is 35.5. The van der Waals surface area contributed by atoms with Crippen LogP contribution in [0.5, 0.6) is 0 Å². The Morgan fingerprint density at radius 3 is 2.05 bits per heavy atom. The number of nitrogens with zero attached hydrogens (tertiary/aromatic N) is 5. The number of thioether (sulfide) groups is 1. The molecule has 2 unspecified atom stereocenters. The van der Waals surface area contributed by atoms with Gasteiger partial charge in [0.15, 0.2) is 0 Å². The van der Waals surface area contributed by atoms with E-state index in [1.165, 1.54) is 40.6 Å². The van der Waals surface area contributed by atoms with Crippen molar-refractivity contribution in [3.05, 3.63) is 119 Å². The predicted molar refractivity (Wildman–Crippen MR) is 308 cm³/mol. The second-order valence-corrected chi connectivity index (χ2v) is 27.8. The van der Waals surface area contributed by atoms with Crippen LogP contribution in [0.4, 0.5) is 29.3 Å². The van der Waals surface area contributed by atoms with E-state index in [1.807, 2.05) is 68.0 Å². The van der Waals surface area contributed by atoms with Crippen LogP contribution in [0.15, 0.2) is 117 Å². The highest BCUT2D eigenvalue weighted by Gasteiger charge is 2.49. The van der Waals surface area contributed by atoms with Crippen molar-refractivity contribution in [1.82, 2.24) is 24.3 Å². The zero-order valence-corrected chi connectivity index (χ0v) is 48.9. The van der Waals surface area contributed by atoms with E-state index in [9.17, 15) is 39.6 Å². The van der Waals surface area contributed by atoms with Crippen molar-refractivity contribution in [1.29, 1.82) is 0 Å². The highest BCUT2D eigenvalue weighted by Crippen LogP contribution is 2.44. The van der Waals surface area contributed by atoms with Crippen LogP contribution in [0.25, 0.3) is 5.57 Å².